The zero-order chi connectivity index (χ0) is 14.2. The molecule has 0 saturated carbocycles. The third-order valence-corrected chi connectivity index (χ3v) is 4.69. The third-order valence-electron chi connectivity index (χ3n) is 4.69. The predicted octanol–water partition coefficient (Wildman–Crippen LogP) is 2.59. The SMILES string of the molecule is CCC(O)(CC)[C@]1(C)CC[C@H](C(=O)O)C(C)(C)O1. The number of hydrogen-bond acceptors (Lipinski definition) is 3. The van der Waals surface area contributed by atoms with E-state index in [9.17, 15) is 15.0 Å². The Morgan fingerprint density at radius 2 is 1.83 bits per heavy atom. The molecule has 0 aromatic heterocycles. The number of carbonyl (C=O) groups is 1. The first kappa shape index (κ1) is 15.4. The lowest BCUT2D eigenvalue weighted by Gasteiger charge is -2.53. The van der Waals surface area contributed by atoms with Crippen molar-refractivity contribution in [3.8, 4) is 0 Å². The Labute approximate surface area is 109 Å². The fourth-order valence-electron chi connectivity index (χ4n) is 3.22. The molecule has 0 bridgehead atoms. The van der Waals surface area contributed by atoms with Crippen LogP contribution in [0.25, 0.3) is 0 Å². The summed E-state index contributed by atoms with van der Waals surface area (Å²) in [6.45, 7) is 9.38. The van der Waals surface area contributed by atoms with Gasteiger partial charge in [-0.05, 0) is 46.5 Å². The molecule has 2 N–H and O–H groups in total. The highest BCUT2D eigenvalue weighted by Gasteiger charge is 2.54. The van der Waals surface area contributed by atoms with E-state index in [0.29, 0.717) is 25.7 Å². The van der Waals surface area contributed by atoms with Crippen molar-refractivity contribution in [1.82, 2.24) is 0 Å². The van der Waals surface area contributed by atoms with Gasteiger partial charge in [0.2, 0.25) is 0 Å². The summed E-state index contributed by atoms with van der Waals surface area (Å²) >= 11 is 0. The molecule has 1 aliphatic heterocycles. The van der Waals surface area contributed by atoms with Crippen LogP contribution >= 0.6 is 0 Å². The van der Waals surface area contributed by atoms with E-state index in [4.69, 9.17) is 4.74 Å². The van der Waals surface area contributed by atoms with Gasteiger partial charge in [-0.3, -0.25) is 4.79 Å². The van der Waals surface area contributed by atoms with Gasteiger partial charge in [0.05, 0.1) is 22.7 Å². The molecule has 0 spiro atoms. The summed E-state index contributed by atoms with van der Waals surface area (Å²) in [6.07, 6.45) is 2.33. The van der Waals surface area contributed by atoms with Crippen molar-refractivity contribution >= 4 is 5.97 Å². The van der Waals surface area contributed by atoms with Gasteiger partial charge in [-0.1, -0.05) is 13.8 Å². The maximum atomic E-state index is 11.2. The summed E-state index contributed by atoms with van der Waals surface area (Å²) in [5.74, 6) is -1.33. The Kier molecular flexibility index (Phi) is 4.13. The molecule has 1 rings (SSSR count). The van der Waals surface area contributed by atoms with E-state index < -0.39 is 28.7 Å². The van der Waals surface area contributed by atoms with Crippen molar-refractivity contribution in [1.29, 1.82) is 0 Å². The van der Waals surface area contributed by atoms with Crippen molar-refractivity contribution in [3.63, 3.8) is 0 Å². The van der Waals surface area contributed by atoms with Gasteiger partial charge in [-0.2, -0.15) is 0 Å². The lowest BCUT2D eigenvalue weighted by atomic mass is 9.70. The minimum absolute atomic E-state index is 0.511. The van der Waals surface area contributed by atoms with Crippen LogP contribution in [0.4, 0.5) is 0 Å². The predicted molar refractivity (Wildman–Crippen MR) is 69.5 cm³/mol. The molecule has 1 aliphatic rings. The zero-order valence-electron chi connectivity index (χ0n) is 12.1. The van der Waals surface area contributed by atoms with E-state index in [-0.39, 0.29) is 0 Å². The van der Waals surface area contributed by atoms with E-state index in [1.54, 1.807) is 13.8 Å². The van der Waals surface area contributed by atoms with Crippen LogP contribution in [0.15, 0.2) is 0 Å². The van der Waals surface area contributed by atoms with Crippen LogP contribution in [0.2, 0.25) is 0 Å². The lowest BCUT2D eigenvalue weighted by molar-refractivity contribution is -0.265. The number of rotatable bonds is 4. The normalized spacial score (nSPS) is 32.2. The molecule has 0 aromatic rings. The maximum Gasteiger partial charge on any atom is 0.309 e. The fourth-order valence-corrected chi connectivity index (χ4v) is 3.22. The molecule has 0 amide bonds. The quantitative estimate of drug-likeness (QED) is 0.813. The molecule has 0 aromatic carbocycles. The van der Waals surface area contributed by atoms with E-state index in [0.717, 1.165) is 0 Å². The molecule has 106 valence electrons. The fraction of sp³-hybridized carbons (Fsp3) is 0.929. The number of aliphatic hydroxyl groups is 1. The van der Waals surface area contributed by atoms with Gasteiger partial charge >= 0.3 is 5.97 Å². The van der Waals surface area contributed by atoms with Gasteiger partial charge in [0, 0.05) is 0 Å². The Hall–Kier alpha value is -0.610. The molecule has 4 nitrogen and oxygen atoms in total. The van der Waals surface area contributed by atoms with Crippen LogP contribution in [0.1, 0.15) is 60.3 Å². The summed E-state index contributed by atoms with van der Waals surface area (Å²) < 4.78 is 6.05. The first-order valence-electron chi connectivity index (χ1n) is 6.77. The molecule has 4 heteroatoms. The van der Waals surface area contributed by atoms with Crippen molar-refractivity contribution in [3.05, 3.63) is 0 Å². The number of carboxylic acids is 1. The average Bonchev–Trinajstić information content (AvgIpc) is 2.25. The Morgan fingerprint density at radius 3 is 2.17 bits per heavy atom. The minimum atomic E-state index is -0.895. The van der Waals surface area contributed by atoms with Crippen molar-refractivity contribution in [2.24, 2.45) is 5.92 Å². The van der Waals surface area contributed by atoms with E-state index >= 15 is 0 Å². The molecule has 0 unspecified atom stereocenters. The first-order chi connectivity index (χ1) is 8.12. The van der Waals surface area contributed by atoms with Gasteiger partial charge in [-0.25, -0.2) is 0 Å². The highest BCUT2D eigenvalue weighted by atomic mass is 16.5. The standard InChI is InChI=1S/C14H26O4/c1-6-14(17,7-2)13(5)9-8-10(11(15)16)12(3,4)18-13/h10,17H,6-9H2,1-5H3,(H,15,16)/t10-,13+/m1/s1. The van der Waals surface area contributed by atoms with Crippen molar-refractivity contribution in [2.75, 3.05) is 0 Å². The van der Waals surface area contributed by atoms with Crippen LogP contribution in [-0.2, 0) is 9.53 Å². The highest BCUT2D eigenvalue weighted by Crippen LogP contribution is 2.46. The summed E-state index contributed by atoms with van der Waals surface area (Å²) in [7, 11) is 0. The molecule has 1 fully saturated rings. The number of hydrogen-bond donors (Lipinski definition) is 2. The van der Waals surface area contributed by atoms with Gasteiger partial charge < -0.3 is 14.9 Å². The second kappa shape index (κ2) is 4.82. The van der Waals surface area contributed by atoms with Crippen LogP contribution in [0.3, 0.4) is 0 Å². The van der Waals surface area contributed by atoms with E-state index in [2.05, 4.69) is 0 Å². The molecular formula is C14H26O4. The largest absolute Gasteiger partial charge is 0.481 e. The Balaban J connectivity index is 3.01. The number of aliphatic carboxylic acids is 1. The van der Waals surface area contributed by atoms with Crippen LogP contribution < -0.4 is 0 Å². The van der Waals surface area contributed by atoms with E-state index in [1.165, 1.54) is 0 Å². The topological polar surface area (TPSA) is 66.8 Å². The second-order valence-corrected chi connectivity index (χ2v) is 6.10. The molecule has 18 heavy (non-hydrogen) atoms. The van der Waals surface area contributed by atoms with Gasteiger partial charge in [0.15, 0.2) is 0 Å². The van der Waals surface area contributed by atoms with Gasteiger partial charge in [0.25, 0.3) is 0 Å². The number of ether oxygens (including phenoxy) is 1. The lowest BCUT2D eigenvalue weighted by Crippen LogP contribution is -2.61. The summed E-state index contributed by atoms with van der Waals surface area (Å²) in [6, 6.07) is 0. The third kappa shape index (κ3) is 2.41. The summed E-state index contributed by atoms with van der Waals surface area (Å²) in [4.78, 5) is 11.2. The minimum Gasteiger partial charge on any atom is -0.481 e. The monoisotopic (exact) mass is 258 g/mol. The smallest absolute Gasteiger partial charge is 0.309 e. The zero-order valence-corrected chi connectivity index (χ0v) is 12.1. The molecule has 0 aliphatic carbocycles. The highest BCUT2D eigenvalue weighted by molar-refractivity contribution is 5.71. The van der Waals surface area contributed by atoms with Gasteiger partial charge in [-0.15, -0.1) is 0 Å². The maximum absolute atomic E-state index is 11.2. The Morgan fingerprint density at radius 1 is 1.33 bits per heavy atom. The van der Waals surface area contributed by atoms with Gasteiger partial charge in [0.1, 0.15) is 0 Å². The molecule has 2 atom stereocenters. The average molecular weight is 258 g/mol. The molecule has 1 heterocycles. The summed E-state index contributed by atoms with van der Waals surface area (Å²) in [5.41, 5.74) is -2.32. The summed E-state index contributed by atoms with van der Waals surface area (Å²) in [5, 5.41) is 19.9. The molecular weight excluding hydrogens is 232 g/mol. The molecule has 0 radical (unpaired) electrons. The van der Waals surface area contributed by atoms with Crippen LogP contribution in [0.5, 0.6) is 0 Å². The second-order valence-electron chi connectivity index (χ2n) is 6.10. The van der Waals surface area contributed by atoms with Crippen LogP contribution in [-0.4, -0.2) is 33.0 Å². The van der Waals surface area contributed by atoms with Crippen molar-refractivity contribution < 1.29 is 19.7 Å². The van der Waals surface area contributed by atoms with Crippen molar-refractivity contribution in [2.45, 2.75) is 77.1 Å². The van der Waals surface area contributed by atoms with E-state index in [1.807, 2.05) is 20.8 Å². The molecule has 1 saturated heterocycles. The Bertz CT molecular complexity index is 320. The van der Waals surface area contributed by atoms with Crippen LogP contribution in [0, 0.1) is 5.92 Å². The first-order valence-corrected chi connectivity index (χ1v) is 6.77. The number of carboxylic acid groups (broad SMARTS) is 1.